The molecule has 0 radical (unpaired) electrons. The van der Waals surface area contributed by atoms with Gasteiger partial charge in [-0.1, -0.05) is 17.8 Å². The number of hydrogen-bond donors (Lipinski definition) is 1. The van der Waals surface area contributed by atoms with Gasteiger partial charge in [-0.05, 0) is 88.1 Å². The van der Waals surface area contributed by atoms with Crippen LogP contribution in [0.4, 0.5) is 10.5 Å². The maximum Gasteiger partial charge on any atom is 0.300 e. The minimum atomic E-state index is -0.377. The van der Waals surface area contributed by atoms with Crippen molar-refractivity contribution in [3.63, 3.8) is 0 Å². The molecule has 0 fully saturated rings. The number of methoxy groups -OCH3 is 1. The van der Waals surface area contributed by atoms with Gasteiger partial charge >= 0.3 is 0 Å². The number of rotatable bonds is 4. The monoisotopic (exact) mass is 450 g/mol. The number of amidine groups is 1. The van der Waals surface area contributed by atoms with E-state index < -0.39 is 0 Å². The van der Waals surface area contributed by atoms with Crippen LogP contribution in [0.5, 0.6) is 5.75 Å². The SMILES string of the molecule is COc1ccc(C(=NC(C)C)N2CCCc3cc(C4=NNC(=O)SC4(C)C)ccc32)cc1. The molecule has 2 aromatic carbocycles. The van der Waals surface area contributed by atoms with E-state index in [2.05, 4.69) is 59.6 Å². The van der Waals surface area contributed by atoms with Gasteiger partial charge in [0.05, 0.1) is 17.6 Å². The Kier molecular flexibility index (Phi) is 6.29. The topological polar surface area (TPSA) is 66.3 Å². The van der Waals surface area contributed by atoms with Crippen LogP contribution in [0, 0.1) is 0 Å². The average molecular weight is 451 g/mol. The van der Waals surface area contributed by atoms with Crippen LogP contribution in [0.1, 0.15) is 50.8 Å². The van der Waals surface area contributed by atoms with E-state index >= 15 is 0 Å². The van der Waals surface area contributed by atoms with E-state index in [0.717, 1.165) is 47.8 Å². The normalized spacial score (nSPS) is 18.2. The van der Waals surface area contributed by atoms with Crippen molar-refractivity contribution in [2.45, 2.75) is 51.3 Å². The summed E-state index contributed by atoms with van der Waals surface area (Å²) in [6.07, 6.45) is 2.05. The fraction of sp³-hybridized carbons (Fsp3) is 0.400. The van der Waals surface area contributed by atoms with Crippen molar-refractivity contribution in [1.82, 2.24) is 5.43 Å². The highest BCUT2D eigenvalue weighted by Gasteiger charge is 2.34. The molecule has 0 unspecified atom stereocenters. The predicted molar refractivity (Wildman–Crippen MR) is 134 cm³/mol. The van der Waals surface area contributed by atoms with E-state index in [1.54, 1.807) is 7.11 Å². The Balaban J connectivity index is 1.73. The molecule has 168 valence electrons. The summed E-state index contributed by atoms with van der Waals surface area (Å²) < 4.78 is 4.96. The Hall–Kier alpha value is -2.80. The van der Waals surface area contributed by atoms with Crippen molar-refractivity contribution in [2.75, 3.05) is 18.6 Å². The van der Waals surface area contributed by atoms with Gasteiger partial charge < -0.3 is 9.64 Å². The van der Waals surface area contributed by atoms with Gasteiger partial charge in [0, 0.05) is 23.8 Å². The van der Waals surface area contributed by atoms with Crippen LogP contribution < -0.4 is 15.1 Å². The number of aliphatic imine (C=N–C) groups is 1. The molecule has 2 aliphatic rings. The summed E-state index contributed by atoms with van der Waals surface area (Å²) in [6, 6.07) is 14.8. The number of hydrogen-bond acceptors (Lipinski definition) is 5. The molecular formula is C25H30N4O2S. The first-order valence-corrected chi connectivity index (χ1v) is 11.8. The van der Waals surface area contributed by atoms with Crippen LogP contribution in [0.25, 0.3) is 0 Å². The highest BCUT2D eigenvalue weighted by atomic mass is 32.2. The summed E-state index contributed by atoms with van der Waals surface area (Å²) in [6.45, 7) is 9.21. The fourth-order valence-electron chi connectivity index (χ4n) is 4.20. The minimum Gasteiger partial charge on any atom is -0.497 e. The van der Waals surface area contributed by atoms with E-state index in [1.165, 1.54) is 23.0 Å². The minimum absolute atomic E-state index is 0.114. The van der Waals surface area contributed by atoms with Gasteiger partial charge in [-0.2, -0.15) is 5.10 Å². The van der Waals surface area contributed by atoms with Crippen LogP contribution in [-0.2, 0) is 6.42 Å². The quantitative estimate of drug-likeness (QED) is 0.511. The molecule has 32 heavy (non-hydrogen) atoms. The van der Waals surface area contributed by atoms with Crippen molar-refractivity contribution in [3.8, 4) is 5.75 Å². The number of anilines is 1. The number of hydrazone groups is 1. The smallest absolute Gasteiger partial charge is 0.300 e. The summed E-state index contributed by atoms with van der Waals surface area (Å²) in [4.78, 5) is 19.1. The van der Waals surface area contributed by atoms with E-state index in [0.29, 0.717) is 0 Å². The van der Waals surface area contributed by atoms with Gasteiger partial charge in [-0.25, -0.2) is 5.43 Å². The second kappa shape index (κ2) is 8.98. The summed E-state index contributed by atoms with van der Waals surface area (Å²) >= 11 is 1.28. The number of fused-ring (bicyclic) bond motifs is 1. The summed E-state index contributed by atoms with van der Waals surface area (Å²) in [5.41, 5.74) is 8.10. The molecule has 6 nitrogen and oxygen atoms in total. The number of benzene rings is 2. The third-order valence-electron chi connectivity index (χ3n) is 5.63. The van der Waals surface area contributed by atoms with Gasteiger partial charge in [0.15, 0.2) is 0 Å². The molecular weight excluding hydrogens is 420 g/mol. The Morgan fingerprint density at radius 2 is 1.97 bits per heavy atom. The molecule has 0 aliphatic carbocycles. The predicted octanol–water partition coefficient (Wildman–Crippen LogP) is 5.24. The molecule has 0 atom stereocenters. The molecule has 0 spiro atoms. The van der Waals surface area contributed by atoms with Crippen LogP contribution >= 0.6 is 11.8 Å². The average Bonchev–Trinajstić information content (AvgIpc) is 2.76. The number of aryl methyl sites for hydroxylation is 1. The lowest BCUT2D eigenvalue weighted by molar-refractivity contribution is 0.260. The molecule has 4 rings (SSSR count). The Labute approximate surface area is 194 Å². The van der Waals surface area contributed by atoms with E-state index in [4.69, 9.17) is 9.73 Å². The first-order chi connectivity index (χ1) is 15.3. The molecule has 2 heterocycles. The Bertz CT molecular complexity index is 1070. The van der Waals surface area contributed by atoms with Crippen molar-refractivity contribution < 1.29 is 9.53 Å². The number of thioether (sulfide) groups is 1. The number of amides is 1. The van der Waals surface area contributed by atoms with Crippen molar-refractivity contribution in [1.29, 1.82) is 0 Å². The number of ether oxygens (including phenoxy) is 1. The van der Waals surface area contributed by atoms with Crippen LogP contribution in [-0.4, -0.2) is 41.2 Å². The summed E-state index contributed by atoms with van der Waals surface area (Å²) in [7, 11) is 1.68. The van der Waals surface area contributed by atoms with Crippen molar-refractivity contribution >= 4 is 34.2 Å². The standard InChI is InChI=1S/C25H30N4O2S/c1-16(2)26-23(17-8-11-20(31-5)12-9-17)29-14-6-7-18-15-19(10-13-21(18)29)22-25(3,4)32-24(30)28-27-22/h8-13,15-16H,6-7,14H2,1-5H3,(H,28,30). The number of carbonyl (C=O) groups excluding carboxylic acids is 1. The van der Waals surface area contributed by atoms with Crippen LogP contribution in [0.3, 0.4) is 0 Å². The summed E-state index contributed by atoms with van der Waals surface area (Å²) in [5, 5.41) is 4.27. The van der Waals surface area contributed by atoms with Gasteiger partial charge in [-0.15, -0.1) is 0 Å². The second-order valence-electron chi connectivity index (χ2n) is 8.85. The third kappa shape index (κ3) is 4.53. The Morgan fingerprint density at radius 1 is 1.22 bits per heavy atom. The van der Waals surface area contributed by atoms with Crippen molar-refractivity contribution in [3.05, 3.63) is 59.2 Å². The maximum absolute atomic E-state index is 11.8. The van der Waals surface area contributed by atoms with Gasteiger partial charge in [0.1, 0.15) is 11.6 Å². The zero-order valence-corrected chi connectivity index (χ0v) is 20.1. The molecule has 1 N–H and O–H groups in total. The zero-order valence-electron chi connectivity index (χ0n) is 19.3. The number of nitrogens with zero attached hydrogens (tertiary/aromatic N) is 3. The molecule has 0 saturated carbocycles. The maximum atomic E-state index is 11.8. The largest absolute Gasteiger partial charge is 0.497 e. The van der Waals surface area contributed by atoms with Crippen LogP contribution in [0.2, 0.25) is 0 Å². The molecule has 7 heteroatoms. The van der Waals surface area contributed by atoms with E-state index in [-0.39, 0.29) is 16.0 Å². The Morgan fingerprint density at radius 3 is 2.62 bits per heavy atom. The van der Waals surface area contributed by atoms with E-state index in [1.807, 2.05) is 26.0 Å². The molecule has 0 bridgehead atoms. The first-order valence-electron chi connectivity index (χ1n) is 11.0. The van der Waals surface area contributed by atoms with E-state index in [9.17, 15) is 4.79 Å². The van der Waals surface area contributed by atoms with Crippen LogP contribution in [0.15, 0.2) is 52.6 Å². The lowest BCUT2D eigenvalue weighted by Gasteiger charge is -2.34. The molecule has 2 aliphatic heterocycles. The highest BCUT2D eigenvalue weighted by Crippen LogP contribution is 2.35. The molecule has 0 aromatic heterocycles. The summed E-state index contributed by atoms with van der Waals surface area (Å²) in [5.74, 6) is 1.82. The van der Waals surface area contributed by atoms with Crippen molar-refractivity contribution in [2.24, 2.45) is 10.1 Å². The van der Waals surface area contributed by atoms with Gasteiger partial charge in [0.2, 0.25) is 0 Å². The fourth-order valence-corrected chi connectivity index (χ4v) is 5.02. The third-order valence-corrected chi connectivity index (χ3v) is 6.61. The molecule has 2 aromatic rings. The zero-order chi connectivity index (χ0) is 22.9. The van der Waals surface area contributed by atoms with Gasteiger partial charge in [0.25, 0.3) is 5.24 Å². The molecule has 1 amide bonds. The number of carbonyl (C=O) groups is 1. The number of nitrogens with one attached hydrogen (secondary N) is 1. The lowest BCUT2D eigenvalue weighted by Crippen LogP contribution is -2.39. The highest BCUT2D eigenvalue weighted by molar-refractivity contribution is 8.15. The molecule has 0 saturated heterocycles. The lowest BCUT2D eigenvalue weighted by atomic mass is 9.93. The first kappa shape index (κ1) is 22.4. The second-order valence-corrected chi connectivity index (χ2v) is 10.4. The van der Waals surface area contributed by atoms with Gasteiger partial charge in [-0.3, -0.25) is 9.79 Å².